The number of hydrogen-bond donors (Lipinski definition) is 1. The summed E-state index contributed by atoms with van der Waals surface area (Å²) in [5.41, 5.74) is -4.73. The van der Waals surface area contributed by atoms with Gasteiger partial charge in [-0.2, -0.15) is 13.2 Å². The third-order valence-corrected chi connectivity index (χ3v) is 3.09. The molecule has 25 heavy (non-hydrogen) atoms. The van der Waals surface area contributed by atoms with Gasteiger partial charge >= 0.3 is 11.9 Å². The highest BCUT2D eigenvalue weighted by atomic mass is 19.4. The summed E-state index contributed by atoms with van der Waals surface area (Å²) in [5, 5.41) is 24.7. The summed E-state index contributed by atoms with van der Waals surface area (Å²) in [6.07, 6.45) is -6.05. The van der Waals surface area contributed by atoms with Gasteiger partial charge in [0.1, 0.15) is 5.56 Å². The number of rotatable bonds is 8. The molecule has 10 nitrogen and oxygen atoms in total. The fourth-order valence-electron chi connectivity index (χ4n) is 1.99. The Hall–Kier alpha value is -2.67. The van der Waals surface area contributed by atoms with Crippen LogP contribution in [0.5, 0.6) is 5.75 Å². The largest absolute Gasteiger partial charge is 0.490 e. The minimum absolute atomic E-state index is 0.169. The molecule has 140 valence electrons. The lowest BCUT2D eigenvalue weighted by Crippen LogP contribution is -2.24. The SMILES string of the molecule is COc1c(C(F)(F)F)cc([N+](=O)[O-])c(NCC(OC)OC)c1[N+](=O)[O-]. The van der Waals surface area contributed by atoms with Crippen LogP contribution in [0.25, 0.3) is 0 Å². The predicted octanol–water partition coefficient (Wildman–Crippen LogP) is 2.56. The molecule has 1 N–H and O–H groups in total. The normalized spacial score (nSPS) is 11.5. The van der Waals surface area contributed by atoms with Crippen molar-refractivity contribution in [2.24, 2.45) is 0 Å². The minimum atomic E-state index is -5.10. The number of nitro groups is 2. The van der Waals surface area contributed by atoms with Crippen LogP contribution in [0.1, 0.15) is 5.56 Å². The molecule has 0 aromatic heterocycles. The molecular weight excluding hydrogens is 355 g/mol. The van der Waals surface area contributed by atoms with Crippen LogP contribution in [0.2, 0.25) is 0 Å². The minimum Gasteiger partial charge on any atom is -0.490 e. The second-order valence-corrected chi connectivity index (χ2v) is 4.49. The van der Waals surface area contributed by atoms with E-state index in [9.17, 15) is 33.4 Å². The summed E-state index contributed by atoms with van der Waals surface area (Å²) < 4.78 is 53.4. The van der Waals surface area contributed by atoms with Crippen molar-refractivity contribution in [2.45, 2.75) is 12.5 Å². The van der Waals surface area contributed by atoms with Gasteiger partial charge in [-0.25, -0.2) is 0 Å². The molecule has 0 aliphatic rings. The quantitative estimate of drug-likeness (QED) is 0.421. The summed E-state index contributed by atoms with van der Waals surface area (Å²) in [7, 11) is 3.28. The van der Waals surface area contributed by atoms with E-state index in [-0.39, 0.29) is 12.6 Å². The third-order valence-electron chi connectivity index (χ3n) is 3.09. The molecule has 0 fully saturated rings. The van der Waals surface area contributed by atoms with Gasteiger partial charge in [0.05, 0.1) is 23.5 Å². The fraction of sp³-hybridized carbons (Fsp3) is 0.500. The van der Waals surface area contributed by atoms with Crippen LogP contribution in [0, 0.1) is 20.2 Å². The van der Waals surface area contributed by atoms with Crippen molar-refractivity contribution >= 4 is 17.1 Å². The maximum atomic E-state index is 13.1. The monoisotopic (exact) mass is 369 g/mol. The smallest absolute Gasteiger partial charge is 0.420 e. The Morgan fingerprint density at radius 3 is 2.08 bits per heavy atom. The molecule has 1 rings (SSSR count). The van der Waals surface area contributed by atoms with Crippen molar-refractivity contribution in [1.29, 1.82) is 0 Å². The molecule has 1 aromatic carbocycles. The van der Waals surface area contributed by atoms with Crippen LogP contribution in [0.15, 0.2) is 6.07 Å². The number of hydrogen-bond acceptors (Lipinski definition) is 8. The molecule has 0 aliphatic carbocycles. The van der Waals surface area contributed by atoms with Crippen LogP contribution >= 0.6 is 0 Å². The second kappa shape index (κ2) is 7.94. The van der Waals surface area contributed by atoms with Crippen LogP contribution in [0.4, 0.5) is 30.2 Å². The average Bonchev–Trinajstić information content (AvgIpc) is 2.52. The lowest BCUT2D eigenvalue weighted by atomic mass is 10.1. The molecule has 0 bridgehead atoms. The number of methoxy groups -OCH3 is 3. The van der Waals surface area contributed by atoms with Gasteiger partial charge in [-0.3, -0.25) is 20.2 Å². The number of anilines is 1. The zero-order valence-electron chi connectivity index (χ0n) is 13.2. The Morgan fingerprint density at radius 1 is 1.16 bits per heavy atom. The topological polar surface area (TPSA) is 126 Å². The van der Waals surface area contributed by atoms with Crippen molar-refractivity contribution in [1.82, 2.24) is 0 Å². The van der Waals surface area contributed by atoms with Crippen molar-refractivity contribution in [3.63, 3.8) is 0 Å². The zero-order valence-corrected chi connectivity index (χ0v) is 13.2. The van der Waals surface area contributed by atoms with E-state index in [1.54, 1.807) is 0 Å². The first-order chi connectivity index (χ1) is 11.6. The van der Waals surface area contributed by atoms with Gasteiger partial charge in [-0.05, 0) is 0 Å². The first-order valence-corrected chi connectivity index (χ1v) is 6.48. The number of halogens is 3. The van der Waals surface area contributed by atoms with Crippen molar-refractivity contribution in [2.75, 3.05) is 33.2 Å². The predicted molar refractivity (Wildman–Crippen MR) is 77.6 cm³/mol. The molecule has 0 saturated carbocycles. The highest BCUT2D eigenvalue weighted by Crippen LogP contribution is 2.49. The molecule has 0 saturated heterocycles. The van der Waals surface area contributed by atoms with Gasteiger partial charge in [0, 0.05) is 20.3 Å². The Labute approximate surface area is 138 Å². The lowest BCUT2D eigenvalue weighted by molar-refractivity contribution is -0.393. The van der Waals surface area contributed by atoms with Gasteiger partial charge in [0.2, 0.25) is 5.75 Å². The number of nitrogens with zero attached hydrogens (tertiary/aromatic N) is 2. The fourth-order valence-corrected chi connectivity index (χ4v) is 1.99. The van der Waals surface area contributed by atoms with Crippen molar-refractivity contribution in [3.8, 4) is 5.75 Å². The molecule has 0 aliphatic heterocycles. The maximum absolute atomic E-state index is 13.1. The average molecular weight is 369 g/mol. The van der Waals surface area contributed by atoms with E-state index in [0.717, 1.165) is 7.11 Å². The molecule has 0 radical (unpaired) electrons. The Morgan fingerprint density at radius 2 is 1.72 bits per heavy atom. The van der Waals surface area contributed by atoms with Crippen LogP contribution in [-0.4, -0.2) is 44.0 Å². The standard InChI is InChI=1S/C12H14F3N3O7/c1-23-8(24-2)5-16-9-7(17(19)20)4-6(12(13,14)15)11(25-3)10(9)18(21)22/h4,8,16H,5H2,1-3H3. The summed E-state index contributed by atoms with van der Waals surface area (Å²) >= 11 is 0. The van der Waals surface area contributed by atoms with E-state index in [2.05, 4.69) is 10.1 Å². The lowest BCUT2D eigenvalue weighted by Gasteiger charge is -2.17. The number of benzene rings is 1. The summed E-state index contributed by atoms with van der Waals surface area (Å²) in [4.78, 5) is 20.0. The second-order valence-electron chi connectivity index (χ2n) is 4.49. The Bertz CT molecular complexity index is 662. The molecule has 0 amide bonds. The summed E-state index contributed by atoms with van der Waals surface area (Å²) in [6.45, 7) is -0.302. The summed E-state index contributed by atoms with van der Waals surface area (Å²) in [5.74, 6) is -1.14. The van der Waals surface area contributed by atoms with Crippen LogP contribution in [0.3, 0.4) is 0 Å². The first-order valence-electron chi connectivity index (χ1n) is 6.48. The van der Waals surface area contributed by atoms with Crippen molar-refractivity contribution in [3.05, 3.63) is 31.9 Å². The molecule has 0 atom stereocenters. The van der Waals surface area contributed by atoms with Gasteiger partial charge in [-0.1, -0.05) is 0 Å². The molecule has 0 spiro atoms. The van der Waals surface area contributed by atoms with Gasteiger partial charge in [-0.15, -0.1) is 0 Å². The van der Waals surface area contributed by atoms with E-state index in [0.29, 0.717) is 0 Å². The van der Waals surface area contributed by atoms with E-state index in [4.69, 9.17) is 9.47 Å². The van der Waals surface area contributed by atoms with Gasteiger partial charge < -0.3 is 19.5 Å². The zero-order chi connectivity index (χ0) is 19.4. The molecule has 13 heteroatoms. The van der Waals surface area contributed by atoms with E-state index in [1.165, 1.54) is 14.2 Å². The van der Waals surface area contributed by atoms with Crippen LogP contribution in [-0.2, 0) is 15.7 Å². The van der Waals surface area contributed by atoms with E-state index < -0.39 is 50.7 Å². The van der Waals surface area contributed by atoms with Crippen LogP contribution < -0.4 is 10.1 Å². The van der Waals surface area contributed by atoms with E-state index >= 15 is 0 Å². The maximum Gasteiger partial charge on any atom is 0.420 e. The van der Waals surface area contributed by atoms with Gasteiger partial charge in [0.15, 0.2) is 12.0 Å². The first kappa shape index (κ1) is 20.4. The number of ether oxygens (including phenoxy) is 3. The third kappa shape index (κ3) is 4.45. The Kier molecular flexibility index (Phi) is 6.47. The highest BCUT2D eigenvalue weighted by Gasteiger charge is 2.43. The molecule has 1 aromatic rings. The van der Waals surface area contributed by atoms with Gasteiger partial charge in [0.25, 0.3) is 5.69 Å². The number of alkyl halides is 3. The van der Waals surface area contributed by atoms with E-state index in [1.807, 2.05) is 0 Å². The van der Waals surface area contributed by atoms with Crippen molar-refractivity contribution < 1.29 is 37.2 Å². The molecule has 0 unspecified atom stereocenters. The Balaban J connectivity index is 3.67. The number of nitro benzene ring substituents is 2. The highest BCUT2D eigenvalue weighted by molar-refractivity contribution is 5.80. The molecule has 0 heterocycles. The number of nitrogens with one attached hydrogen (secondary N) is 1. The molecular formula is C12H14F3N3O7. The summed E-state index contributed by atoms with van der Waals surface area (Å²) in [6, 6.07) is 0.169.